The predicted molar refractivity (Wildman–Crippen MR) is 85.3 cm³/mol. The van der Waals surface area contributed by atoms with Crippen molar-refractivity contribution in [3.8, 4) is 17.2 Å². The second kappa shape index (κ2) is 7.91. The van der Waals surface area contributed by atoms with Gasteiger partial charge in [0.05, 0.1) is 21.3 Å². The third-order valence-electron chi connectivity index (χ3n) is 3.34. The predicted octanol–water partition coefficient (Wildman–Crippen LogP) is 2.43. The fraction of sp³-hybridized carbons (Fsp3) is 0.400. The van der Waals surface area contributed by atoms with Gasteiger partial charge >= 0.3 is 0 Å². The number of aliphatic hydroxyl groups is 1. The van der Waals surface area contributed by atoms with Crippen LogP contribution in [-0.4, -0.2) is 36.0 Å². The van der Waals surface area contributed by atoms with Crippen LogP contribution in [0.3, 0.4) is 0 Å². The van der Waals surface area contributed by atoms with E-state index in [1.54, 1.807) is 39.7 Å². The number of aromatic nitrogens is 2. The molecule has 0 bridgehead atoms. The van der Waals surface area contributed by atoms with Crippen LogP contribution in [0.2, 0.25) is 0 Å². The van der Waals surface area contributed by atoms with Gasteiger partial charge in [-0.2, -0.15) is 0 Å². The van der Waals surface area contributed by atoms with Crippen LogP contribution in [0.1, 0.15) is 24.4 Å². The lowest BCUT2D eigenvalue weighted by Crippen LogP contribution is -2.09. The Kier molecular flexibility index (Phi) is 6.52. The van der Waals surface area contributed by atoms with Crippen LogP contribution in [-0.2, 0) is 6.54 Å². The van der Waals surface area contributed by atoms with E-state index < -0.39 is 6.10 Å². The lowest BCUT2D eigenvalue weighted by molar-refractivity contribution is 0.203. The molecule has 1 aromatic heterocycles. The number of rotatable bonds is 6. The molecule has 0 spiro atoms. The smallest absolute Gasteiger partial charge is 0.203 e. The van der Waals surface area contributed by atoms with Gasteiger partial charge in [0.25, 0.3) is 0 Å². The van der Waals surface area contributed by atoms with Gasteiger partial charge < -0.3 is 23.9 Å². The first kappa shape index (κ1) is 18.1. The monoisotopic (exact) mass is 328 g/mol. The first-order valence-corrected chi connectivity index (χ1v) is 6.65. The average Bonchev–Trinajstić information content (AvgIpc) is 3.01. The summed E-state index contributed by atoms with van der Waals surface area (Å²) in [5, 5.41) is 10.6. The molecule has 1 atom stereocenters. The zero-order valence-electron chi connectivity index (χ0n) is 13.1. The Morgan fingerprint density at radius 2 is 1.73 bits per heavy atom. The molecule has 0 saturated heterocycles. The summed E-state index contributed by atoms with van der Waals surface area (Å²) in [6.45, 7) is 2.73. The minimum atomic E-state index is -0.867. The zero-order chi connectivity index (χ0) is 15.4. The molecule has 7 heteroatoms. The Hall–Kier alpha value is -1.92. The zero-order valence-corrected chi connectivity index (χ0v) is 13.9. The number of hydrogen-bond acceptors (Lipinski definition) is 5. The molecular weight excluding hydrogens is 308 g/mol. The highest BCUT2D eigenvalue weighted by atomic mass is 35.5. The summed E-state index contributed by atoms with van der Waals surface area (Å²) in [5.41, 5.74) is 0.630. The van der Waals surface area contributed by atoms with Crippen molar-refractivity contribution in [3.05, 3.63) is 35.9 Å². The molecule has 0 aliphatic carbocycles. The Labute approximate surface area is 136 Å². The second-order valence-electron chi connectivity index (χ2n) is 4.43. The van der Waals surface area contributed by atoms with Crippen LogP contribution in [0.15, 0.2) is 24.5 Å². The molecular formula is C15H21ClN2O4. The number of benzene rings is 1. The summed E-state index contributed by atoms with van der Waals surface area (Å²) in [6.07, 6.45) is 2.63. The molecule has 1 N–H and O–H groups in total. The third kappa shape index (κ3) is 3.28. The van der Waals surface area contributed by atoms with Crippen LogP contribution in [0.5, 0.6) is 17.2 Å². The number of aryl methyl sites for hydroxylation is 1. The van der Waals surface area contributed by atoms with Crippen molar-refractivity contribution in [3.63, 3.8) is 0 Å². The molecule has 0 aliphatic heterocycles. The standard InChI is InChI=1S/C15H20N2O4.ClH/c1-5-17-7-6-16-15(17)13(18)10-8-11(19-2)14(21-4)12(9-10)20-3;/h6-9,13,18H,5H2,1-4H3;1H. The van der Waals surface area contributed by atoms with Crippen LogP contribution in [0, 0.1) is 0 Å². The minimum absolute atomic E-state index is 0. The van der Waals surface area contributed by atoms with Gasteiger partial charge in [0.2, 0.25) is 5.75 Å². The molecule has 6 nitrogen and oxygen atoms in total. The Morgan fingerprint density at radius 3 is 2.18 bits per heavy atom. The van der Waals surface area contributed by atoms with Crippen LogP contribution < -0.4 is 14.2 Å². The molecule has 1 aromatic carbocycles. The van der Waals surface area contributed by atoms with Gasteiger partial charge in [0.15, 0.2) is 11.5 Å². The molecule has 1 unspecified atom stereocenters. The summed E-state index contributed by atoms with van der Waals surface area (Å²) >= 11 is 0. The first-order chi connectivity index (χ1) is 10.2. The van der Waals surface area contributed by atoms with E-state index in [9.17, 15) is 5.11 Å². The SMILES string of the molecule is CCn1ccnc1C(O)c1cc(OC)c(OC)c(OC)c1.Cl. The summed E-state index contributed by atoms with van der Waals surface area (Å²) in [5.74, 6) is 2.07. The van der Waals surface area contributed by atoms with Crippen molar-refractivity contribution in [1.82, 2.24) is 9.55 Å². The maximum atomic E-state index is 10.6. The van der Waals surface area contributed by atoms with E-state index in [0.717, 1.165) is 6.54 Å². The van der Waals surface area contributed by atoms with Crippen LogP contribution in [0.4, 0.5) is 0 Å². The lowest BCUT2D eigenvalue weighted by Gasteiger charge is -2.17. The molecule has 0 saturated carbocycles. The number of nitrogens with zero attached hydrogens (tertiary/aromatic N) is 2. The first-order valence-electron chi connectivity index (χ1n) is 6.65. The van der Waals surface area contributed by atoms with Gasteiger partial charge in [-0.15, -0.1) is 12.4 Å². The van der Waals surface area contributed by atoms with Crippen molar-refractivity contribution >= 4 is 12.4 Å². The van der Waals surface area contributed by atoms with Crippen molar-refractivity contribution < 1.29 is 19.3 Å². The maximum Gasteiger partial charge on any atom is 0.203 e. The quantitative estimate of drug-likeness (QED) is 0.882. The van der Waals surface area contributed by atoms with Crippen molar-refractivity contribution in [2.45, 2.75) is 19.6 Å². The van der Waals surface area contributed by atoms with Gasteiger partial charge in [-0.25, -0.2) is 4.98 Å². The van der Waals surface area contributed by atoms with E-state index in [4.69, 9.17) is 14.2 Å². The highest BCUT2D eigenvalue weighted by Crippen LogP contribution is 2.40. The van der Waals surface area contributed by atoms with E-state index in [1.165, 1.54) is 0 Å². The van der Waals surface area contributed by atoms with Gasteiger partial charge in [-0.3, -0.25) is 0 Å². The van der Waals surface area contributed by atoms with Gasteiger partial charge in [-0.05, 0) is 24.6 Å². The van der Waals surface area contributed by atoms with E-state index >= 15 is 0 Å². The van der Waals surface area contributed by atoms with Gasteiger partial charge in [0.1, 0.15) is 11.9 Å². The average molecular weight is 329 g/mol. The summed E-state index contributed by atoms with van der Waals surface area (Å²) < 4.78 is 17.8. The summed E-state index contributed by atoms with van der Waals surface area (Å²) in [6, 6.07) is 3.45. The molecule has 0 amide bonds. The molecule has 1 heterocycles. The Bertz CT molecular complexity index is 590. The van der Waals surface area contributed by atoms with Crippen molar-refractivity contribution in [2.75, 3.05) is 21.3 Å². The van der Waals surface area contributed by atoms with Gasteiger partial charge in [0, 0.05) is 18.9 Å². The van der Waals surface area contributed by atoms with Crippen molar-refractivity contribution in [2.24, 2.45) is 0 Å². The number of imidazole rings is 1. The van der Waals surface area contributed by atoms with Gasteiger partial charge in [-0.1, -0.05) is 0 Å². The number of hydrogen-bond donors (Lipinski definition) is 1. The summed E-state index contributed by atoms with van der Waals surface area (Å²) in [4.78, 5) is 4.22. The number of aliphatic hydroxyl groups excluding tert-OH is 1. The largest absolute Gasteiger partial charge is 0.493 e. The molecule has 2 aromatic rings. The Morgan fingerprint density at radius 1 is 1.14 bits per heavy atom. The molecule has 0 aliphatic rings. The minimum Gasteiger partial charge on any atom is -0.493 e. The fourth-order valence-corrected chi connectivity index (χ4v) is 2.24. The molecule has 0 fully saturated rings. The maximum absolute atomic E-state index is 10.6. The van der Waals surface area contributed by atoms with E-state index in [2.05, 4.69) is 4.98 Å². The Balaban J connectivity index is 0.00000242. The highest BCUT2D eigenvalue weighted by Gasteiger charge is 2.21. The molecule has 2 rings (SSSR count). The highest BCUT2D eigenvalue weighted by molar-refractivity contribution is 5.85. The molecule has 122 valence electrons. The van der Waals surface area contributed by atoms with Crippen molar-refractivity contribution in [1.29, 1.82) is 0 Å². The van der Waals surface area contributed by atoms with Crippen LogP contribution >= 0.6 is 12.4 Å². The molecule has 0 radical (unpaired) electrons. The van der Waals surface area contributed by atoms with E-state index in [0.29, 0.717) is 28.6 Å². The third-order valence-corrected chi connectivity index (χ3v) is 3.34. The number of methoxy groups -OCH3 is 3. The van der Waals surface area contributed by atoms with Crippen LogP contribution in [0.25, 0.3) is 0 Å². The normalized spacial score (nSPS) is 11.5. The number of halogens is 1. The topological polar surface area (TPSA) is 65.7 Å². The second-order valence-corrected chi connectivity index (χ2v) is 4.43. The fourth-order valence-electron chi connectivity index (χ4n) is 2.24. The molecule has 22 heavy (non-hydrogen) atoms. The number of ether oxygens (including phenoxy) is 3. The summed E-state index contributed by atoms with van der Waals surface area (Å²) in [7, 11) is 4.63. The van der Waals surface area contributed by atoms with E-state index in [1.807, 2.05) is 17.7 Å². The van der Waals surface area contributed by atoms with E-state index in [-0.39, 0.29) is 12.4 Å². The lowest BCUT2D eigenvalue weighted by atomic mass is 10.1.